The normalized spacial score (nSPS) is 34.2. The van der Waals surface area contributed by atoms with Gasteiger partial charge in [-0.3, -0.25) is 0 Å². The summed E-state index contributed by atoms with van der Waals surface area (Å²) in [4.78, 5) is 0. The maximum absolute atomic E-state index is 6.21. The van der Waals surface area contributed by atoms with Gasteiger partial charge in [0.05, 0.1) is 19.6 Å². The van der Waals surface area contributed by atoms with Crippen molar-refractivity contribution in [2.75, 3.05) is 13.0 Å². The molecule has 0 N–H and O–H groups in total. The molecule has 3 atom stereocenters. The summed E-state index contributed by atoms with van der Waals surface area (Å²) in [5.41, 5.74) is 0.688. The smallest absolute Gasteiger partial charge is 0.174 e. The van der Waals surface area contributed by atoms with E-state index in [1.165, 1.54) is 0 Å². The van der Waals surface area contributed by atoms with Gasteiger partial charge in [0.15, 0.2) is 18.5 Å². The van der Waals surface area contributed by atoms with Crippen LogP contribution in [0.4, 0.5) is 0 Å². The predicted octanol–water partition coefficient (Wildman–Crippen LogP) is 4.63. The van der Waals surface area contributed by atoms with Crippen molar-refractivity contribution < 1.29 is 9.47 Å². The van der Waals surface area contributed by atoms with E-state index in [4.69, 9.17) is 9.47 Å². The standard InChI is InChI=1S/C13H28O2P.HI/c1-9(2)12-14-8-16(7,11(5)6)13(15-12)10(3)4;/h9-13H,8H2,1-7H3;1H/q+1;. The van der Waals surface area contributed by atoms with E-state index in [9.17, 15) is 0 Å². The minimum Gasteiger partial charge on any atom is -0.317 e. The monoisotopic (exact) mass is 375 g/mol. The first-order valence-electron chi connectivity index (χ1n) is 6.41. The van der Waals surface area contributed by atoms with Crippen molar-refractivity contribution in [2.45, 2.75) is 59.3 Å². The lowest BCUT2D eigenvalue weighted by atomic mass is 10.2. The van der Waals surface area contributed by atoms with Crippen molar-refractivity contribution in [3.05, 3.63) is 0 Å². The molecule has 0 saturated carbocycles. The molecule has 0 bridgehead atoms. The first-order chi connectivity index (χ1) is 7.29. The number of halogens is 1. The van der Waals surface area contributed by atoms with Crippen molar-refractivity contribution in [3.63, 3.8) is 0 Å². The van der Waals surface area contributed by atoms with Crippen molar-refractivity contribution in [3.8, 4) is 0 Å². The van der Waals surface area contributed by atoms with Crippen LogP contribution < -0.4 is 0 Å². The molecule has 2 nitrogen and oxygen atoms in total. The molecule has 1 aliphatic heterocycles. The minimum absolute atomic E-state index is 0. The van der Waals surface area contributed by atoms with Gasteiger partial charge in [0.2, 0.25) is 0 Å². The molecular weight excluding hydrogens is 346 g/mol. The molecule has 0 aliphatic carbocycles. The maximum Gasteiger partial charge on any atom is 0.174 e. The Balaban J connectivity index is 0.00000256. The molecule has 1 saturated heterocycles. The maximum atomic E-state index is 6.21. The SMILES string of the molecule is CC(C)C1OC[P+](C)(C(C)C)C(C(C)C)O1.I. The van der Waals surface area contributed by atoms with Crippen LogP contribution in [0.2, 0.25) is 0 Å². The Hall–Kier alpha value is 1.08. The highest BCUT2D eigenvalue weighted by molar-refractivity contribution is 14.0. The highest BCUT2D eigenvalue weighted by atomic mass is 127. The Morgan fingerprint density at radius 1 is 1.00 bits per heavy atom. The quantitative estimate of drug-likeness (QED) is 0.529. The Kier molecular flexibility index (Phi) is 7.47. The summed E-state index contributed by atoms with van der Waals surface area (Å²) in [5.74, 6) is 1.45. The largest absolute Gasteiger partial charge is 0.317 e. The highest BCUT2D eigenvalue weighted by Crippen LogP contribution is 2.67. The van der Waals surface area contributed by atoms with Crippen LogP contribution in [0.1, 0.15) is 41.5 Å². The zero-order valence-corrected chi connectivity index (χ0v) is 15.5. The van der Waals surface area contributed by atoms with Crippen LogP contribution in [0.25, 0.3) is 0 Å². The van der Waals surface area contributed by atoms with Crippen LogP contribution >= 0.6 is 31.2 Å². The van der Waals surface area contributed by atoms with E-state index in [2.05, 4.69) is 48.2 Å². The predicted molar refractivity (Wildman–Crippen MR) is 87.7 cm³/mol. The topological polar surface area (TPSA) is 18.5 Å². The number of ether oxygens (including phenoxy) is 2. The van der Waals surface area contributed by atoms with Crippen LogP contribution in [0.15, 0.2) is 0 Å². The van der Waals surface area contributed by atoms with E-state index < -0.39 is 7.26 Å². The lowest BCUT2D eigenvalue weighted by Crippen LogP contribution is -2.42. The highest BCUT2D eigenvalue weighted by Gasteiger charge is 2.52. The van der Waals surface area contributed by atoms with Gasteiger partial charge in [-0.05, 0) is 13.8 Å². The van der Waals surface area contributed by atoms with Crippen LogP contribution in [0, 0.1) is 11.8 Å². The van der Waals surface area contributed by atoms with Gasteiger partial charge in [-0.1, -0.05) is 27.7 Å². The molecule has 4 heteroatoms. The van der Waals surface area contributed by atoms with Gasteiger partial charge in [-0.2, -0.15) is 0 Å². The number of hydrogen-bond donors (Lipinski definition) is 0. The Morgan fingerprint density at radius 2 is 1.53 bits per heavy atom. The third-order valence-electron chi connectivity index (χ3n) is 3.67. The molecular formula is C13H29IO2P+. The molecule has 0 amide bonds. The lowest BCUT2D eigenvalue weighted by Gasteiger charge is -2.43. The zero-order valence-electron chi connectivity index (χ0n) is 12.3. The van der Waals surface area contributed by atoms with Gasteiger partial charge in [0.1, 0.15) is 0 Å². The van der Waals surface area contributed by atoms with Crippen LogP contribution in [0.3, 0.4) is 0 Å². The van der Waals surface area contributed by atoms with E-state index in [0.29, 0.717) is 23.3 Å². The second kappa shape index (κ2) is 7.02. The van der Waals surface area contributed by atoms with Gasteiger partial charge in [-0.15, -0.1) is 24.0 Å². The third kappa shape index (κ3) is 4.02. The fraction of sp³-hybridized carbons (Fsp3) is 1.00. The summed E-state index contributed by atoms with van der Waals surface area (Å²) >= 11 is 0. The second-order valence-corrected chi connectivity index (χ2v) is 10.6. The third-order valence-corrected chi connectivity index (χ3v) is 8.61. The average Bonchev–Trinajstić information content (AvgIpc) is 2.17. The minimum atomic E-state index is -1.12. The molecule has 3 unspecified atom stereocenters. The molecule has 1 fully saturated rings. The van der Waals surface area contributed by atoms with Crippen molar-refractivity contribution in [1.82, 2.24) is 0 Å². The number of rotatable bonds is 3. The van der Waals surface area contributed by atoms with Gasteiger partial charge in [0, 0.05) is 11.8 Å². The molecule has 0 spiro atoms. The van der Waals surface area contributed by atoms with Gasteiger partial charge < -0.3 is 9.47 Å². The molecule has 1 aliphatic rings. The molecule has 1 rings (SSSR count). The van der Waals surface area contributed by atoms with Gasteiger partial charge in [-0.25, -0.2) is 0 Å². The van der Waals surface area contributed by atoms with Crippen molar-refractivity contribution in [2.24, 2.45) is 11.8 Å². The van der Waals surface area contributed by atoms with E-state index >= 15 is 0 Å². The second-order valence-electron chi connectivity index (χ2n) is 6.12. The van der Waals surface area contributed by atoms with E-state index in [1.54, 1.807) is 0 Å². The molecule has 0 aromatic heterocycles. The van der Waals surface area contributed by atoms with Crippen molar-refractivity contribution >= 4 is 31.2 Å². The van der Waals surface area contributed by atoms with E-state index in [1.807, 2.05) is 0 Å². The fourth-order valence-electron chi connectivity index (χ4n) is 2.25. The summed E-state index contributed by atoms with van der Waals surface area (Å²) in [6, 6.07) is 0. The summed E-state index contributed by atoms with van der Waals surface area (Å²) < 4.78 is 12.1. The first-order valence-corrected chi connectivity index (χ1v) is 8.97. The summed E-state index contributed by atoms with van der Waals surface area (Å²) in [6.07, 6.45) is 0.926. The van der Waals surface area contributed by atoms with Crippen molar-refractivity contribution in [1.29, 1.82) is 0 Å². The van der Waals surface area contributed by atoms with Crippen LogP contribution in [-0.4, -0.2) is 30.8 Å². The molecule has 0 aromatic carbocycles. The molecule has 1 heterocycles. The molecule has 104 valence electrons. The Labute approximate surface area is 125 Å². The Bertz CT molecular complexity index is 233. The Morgan fingerprint density at radius 3 is 1.88 bits per heavy atom. The van der Waals surface area contributed by atoms with Gasteiger partial charge in [0.25, 0.3) is 0 Å². The van der Waals surface area contributed by atoms with E-state index in [0.717, 1.165) is 6.35 Å². The van der Waals surface area contributed by atoms with E-state index in [-0.39, 0.29) is 30.3 Å². The van der Waals surface area contributed by atoms with Crippen LogP contribution in [-0.2, 0) is 9.47 Å². The van der Waals surface area contributed by atoms with Gasteiger partial charge >= 0.3 is 0 Å². The fourth-order valence-corrected chi connectivity index (χ4v) is 5.52. The number of hydrogen-bond acceptors (Lipinski definition) is 2. The lowest BCUT2D eigenvalue weighted by molar-refractivity contribution is -0.186. The molecule has 0 aromatic rings. The first kappa shape index (κ1) is 18.1. The zero-order chi connectivity index (χ0) is 12.5. The summed E-state index contributed by atoms with van der Waals surface area (Å²) in [7, 11) is -1.12. The molecule has 0 radical (unpaired) electrons. The summed E-state index contributed by atoms with van der Waals surface area (Å²) in [5, 5.41) is 0. The molecule has 17 heavy (non-hydrogen) atoms. The average molecular weight is 375 g/mol. The van der Waals surface area contributed by atoms with Crippen LogP contribution in [0.5, 0.6) is 0 Å². The summed E-state index contributed by atoms with van der Waals surface area (Å²) in [6.45, 7) is 15.9.